The summed E-state index contributed by atoms with van der Waals surface area (Å²) in [5, 5.41) is 0. The van der Waals surface area contributed by atoms with Crippen LogP contribution in [0.1, 0.15) is 310 Å². The van der Waals surface area contributed by atoms with Gasteiger partial charge in [-0.1, -0.05) is 248 Å². The van der Waals surface area contributed by atoms with E-state index < -0.39 is 6.10 Å². The van der Waals surface area contributed by atoms with Crippen LogP contribution in [0.4, 0.5) is 0 Å². The van der Waals surface area contributed by atoms with Crippen LogP contribution < -0.4 is 0 Å². The Hall–Kier alpha value is -3.15. The molecule has 0 aliphatic heterocycles. The van der Waals surface area contributed by atoms with Crippen molar-refractivity contribution < 1.29 is 28.6 Å². The minimum absolute atomic E-state index is 0.0869. The van der Waals surface area contributed by atoms with Crippen LogP contribution in [0.25, 0.3) is 0 Å². The van der Waals surface area contributed by atoms with Crippen LogP contribution in [0, 0.1) is 0 Å². The van der Waals surface area contributed by atoms with E-state index in [1.165, 1.54) is 161 Å². The van der Waals surface area contributed by atoms with Crippen molar-refractivity contribution in [2.24, 2.45) is 0 Å². The topological polar surface area (TPSA) is 78.9 Å². The molecule has 0 spiro atoms. The lowest BCUT2D eigenvalue weighted by Gasteiger charge is -2.18. The van der Waals surface area contributed by atoms with Crippen molar-refractivity contribution in [2.45, 2.75) is 316 Å². The monoisotopic (exact) mass is 1000 g/mol. The van der Waals surface area contributed by atoms with E-state index in [1.807, 2.05) is 0 Å². The fourth-order valence-electron chi connectivity index (χ4n) is 8.71. The van der Waals surface area contributed by atoms with E-state index in [2.05, 4.69) is 93.7 Å². The first-order valence-corrected chi connectivity index (χ1v) is 30.9. The molecule has 0 aromatic carbocycles. The van der Waals surface area contributed by atoms with Crippen molar-refractivity contribution >= 4 is 17.9 Å². The molecule has 0 heterocycles. The van der Waals surface area contributed by atoms with Gasteiger partial charge in [-0.05, 0) is 116 Å². The fraction of sp³-hybridized carbons (Fsp3) is 0.773. The minimum atomic E-state index is -0.790. The number of hydrogen-bond donors (Lipinski definition) is 0. The Balaban J connectivity index is 4.38. The van der Waals surface area contributed by atoms with Crippen LogP contribution in [0.15, 0.2) is 72.9 Å². The van der Waals surface area contributed by atoms with Gasteiger partial charge in [-0.25, -0.2) is 0 Å². The molecule has 0 aromatic heterocycles. The highest BCUT2D eigenvalue weighted by Crippen LogP contribution is 2.15. The third-order valence-electron chi connectivity index (χ3n) is 13.4. The maximum Gasteiger partial charge on any atom is 0.306 e. The Morgan fingerprint density at radius 2 is 0.500 bits per heavy atom. The lowest BCUT2D eigenvalue weighted by molar-refractivity contribution is -0.167. The number of hydrogen-bond acceptors (Lipinski definition) is 6. The highest BCUT2D eigenvalue weighted by molar-refractivity contribution is 5.71. The molecule has 6 nitrogen and oxygen atoms in total. The molecule has 6 heteroatoms. The van der Waals surface area contributed by atoms with E-state index in [0.717, 1.165) is 109 Å². The van der Waals surface area contributed by atoms with Gasteiger partial charge in [0.05, 0.1) is 0 Å². The highest BCUT2D eigenvalue weighted by atomic mass is 16.6. The summed E-state index contributed by atoms with van der Waals surface area (Å²) in [5.74, 6) is -0.905. The molecule has 0 N–H and O–H groups in total. The Morgan fingerprint density at radius 3 is 0.806 bits per heavy atom. The van der Waals surface area contributed by atoms with Crippen LogP contribution in [0.3, 0.4) is 0 Å². The van der Waals surface area contributed by atoms with Gasteiger partial charge in [0.15, 0.2) is 6.10 Å². The van der Waals surface area contributed by atoms with Gasteiger partial charge in [-0.15, -0.1) is 0 Å². The molecule has 0 amide bonds. The summed E-state index contributed by atoms with van der Waals surface area (Å²) >= 11 is 0. The predicted molar refractivity (Wildman–Crippen MR) is 311 cm³/mol. The number of carbonyl (C=O) groups is 3. The molecular formula is C66H116O6. The Bertz CT molecular complexity index is 1340. The molecule has 0 aliphatic carbocycles. The molecule has 0 aromatic rings. The number of unbranched alkanes of at least 4 members (excludes halogenated alkanes) is 33. The average Bonchev–Trinajstić information content (AvgIpc) is 3.38. The summed E-state index contributed by atoms with van der Waals surface area (Å²) in [6.45, 7) is 6.61. The maximum atomic E-state index is 12.9. The quantitative estimate of drug-likeness (QED) is 0.0261. The molecule has 1 unspecified atom stereocenters. The molecule has 0 saturated carbocycles. The van der Waals surface area contributed by atoms with Gasteiger partial charge in [0, 0.05) is 19.3 Å². The van der Waals surface area contributed by atoms with Crippen LogP contribution in [0.5, 0.6) is 0 Å². The number of rotatable bonds is 56. The number of carbonyl (C=O) groups excluding carboxylic acids is 3. The van der Waals surface area contributed by atoms with E-state index >= 15 is 0 Å². The zero-order chi connectivity index (χ0) is 52.2. The van der Waals surface area contributed by atoms with E-state index in [1.54, 1.807) is 0 Å². The van der Waals surface area contributed by atoms with E-state index in [9.17, 15) is 14.4 Å². The largest absolute Gasteiger partial charge is 0.462 e. The number of ether oxygens (including phenoxy) is 3. The second kappa shape index (κ2) is 60.4. The summed E-state index contributed by atoms with van der Waals surface area (Å²) < 4.78 is 16.9. The van der Waals surface area contributed by atoms with Crippen molar-refractivity contribution in [1.29, 1.82) is 0 Å². The summed E-state index contributed by atoms with van der Waals surface area (Å²) in [7, 11) is 0. The van der Waals surface area contributed by atoms with Gasteiger partial charge in [0.1, 0.15) is 13.2 Å². The van der Waals surface area contributed by atoms with Gasteiger partial charge in [-0.2, -0.15) is 0 Å². The lowest BCUT2D eigenvalue weighted by Crippen LogP contribution is -2.30. The average molecular weight is 1010 g/mol. The van der Waals surface area contributed by atoms with E-state index in [0.29, 0.717) is 19.3 Å². The first-order chi connectivity index (χ1) is 35.5. The Morgan fingerprint density at radius 1 is 0.278 bits per heavy atom. The van der Waals surface area contributed by atoms with Gasteiger partial charge in [-0.3, -0.25) is 14.4 Å². The van der Waals surface area contributed by atoms with Gasteiger partial charge < -0.3 is 14.2 Å². The number of esters is 3. The fourth-order valence-corrected chi connectivity index (χ4v) is 8.71. The van der Waals surface area contributed by atoms with Crippen LogP contribution in [-0.4, -0.2) is 37.2 Å². The zero-order valence-electron chi connectivity index (χ0n) is 47.7. The van der Waals surface area contributed by atoms with Crippen molar-refractivity contribution in [3.05, 3.63) is 72.9 Å². The molecule has 0 rings (SSSR count). The molecule has 0 fully saturated rings. The third-order valence-corrected chi connectivity index (χ3v) is 13.4. The van der Waals surface area contributed by atoms with Crippen molar-refractivity contribution in [2.75, 3.05) is 13.2 Å². The SMILES string of the molecule is CCCCCC/C=C\C/C=C\CCCCCCCC(=O)OC(COC(=O)CCCCCCC/C=C\CCCCCCCC)COC(=O)CCCCCCCCCC/C=C\C/C=C\C/C=C\CCCCCCC. The highest BCUT2D eigenvalue weighted by Gasteiger charge is 2.19. The van der Waals surface area contributed by atoms with Gasteiger partial charge >= 0.3 is 17.9 Å². The van der Waals surface area contributed by atoms with E-state index in [4.69, 9.17) is 14.2 Å². The van der Waals surface area contributed by atoms with Gasteiger partial charge in [0.25, 0.3) is 0 Å². The second-order valence-electron chi connectivity index (χ2n) is 20.6. The van der Waals surface area contributed by atoms with Crippen LogP contribution in [0.2, 0.25) is 0 Å². The van der Waals surface area contributed by atoms with Crippen LogP contribution >= 0.6 is 0 Å². The smallest absolute Gasteiger partial charge is 0.306 e. The predicted octanol–water partition coefficient (Wildman–Crippen LogP) is 20.9. The standard InChI is InChI=1S/C66H116O6/c1-4-7-10-13-16-19-22-25-28-30-31-32-33-34-35-36-39-41-44-47-50-53-56-59-65(68)71-62-63(61-70-64(67)58-55-52-49-46-43-40-37-27-24-21-18-15-12-9-6-3)72-66(69)60-57-54-51-48-45-42-38-29-26-23-20-17-14-11-8-5-2/h20,22-23,25,27,29-31,33-34,37-38,63H,4-19,21,24,26,28,32,35-36,39-62H2,1-3H3/b23-20-,25-22-,31-30-,34-33-,37-27-,38-29-. The third kappa shape index (κ3) is 57.7. The van der Waals surface area contributed by atoms with Gasteiger partial charge in [0.2, 0.25) is 0 Å². The summed E-state index contributed by atoms with van der Waals surface area (Å²) in [6.07, 6.45) is 77.5. The maximum absolute atomic E-state index is 12.9. The first-order valence-electron chi connectivity index (χ1n) is 30.9. The molecule has 0 radical (unpaired) electrons. The summed E-state index contributed by atoms with van der Waals surface area (Å²) in [6, 6.07) is 0. The van der Waals surface area contributed by atoms with Crippen molar-refractivity contribution in [3.8, 4) is 0 Å². The summed E-state index contributed by atoms with van der Waals surface area (Å²) in [5.41, 5.74) is 0. The Kier molecular flexibility index (Phi) is 57.8. The Labute approximate surface area is 446 Å². The summed E-state index contributed by atoms with van der Waals surface area (Å²) in [4.78, 5) is 38.2. The molecule has 0 aliphatic rings. The molecular weight excluding hydrogens is 889 g/mol. The van der Waals surface area contributed by atoms with E-state index in [-0.39, 0.29) is 31.1 Å². The number of allylic oxidation sites excluding steroid dienone is 12. The molecule has 0 saturated heterocycles. The minimum Gasteiger partial charge on any atom is -0.462 e. The van der Waals surface area contributed by atoms with Crippen molar-refractivity contribution in [3.63, 3.8) is 0 Å². The first kappa shape index (κ1) is 68.8. The molecule has 416 valence electrons. The van der Waals surface area contributed by atoms with Crippen LogP contribution in [-0.2, 0) is 28.6 Å². The zero-order valence-corrected chi connectivity index (χ0v) is 47.7. The molecule has 72 heavy (non-hydrogen) atoms. The molecule has 0 bridgehead atoms. The normalized spacial score (nSPS) is 12.5. The second-order valence-corrected chi connectivity index (χ2v) is 20.6. The lowest BCUT2D eigenvalue weighted by atomic mass is 10.1. The van der Waals surface area contributed by atoms with Crippen molar-refractivity contribution in [1.82, 2.24) is 0 Å². The molecule has 1 atom stereocenters.